The molecular weight excluding hydrogens is 522 g/mol. The highest BCUT2D eigenvalue weighted by molar-refractivity contribution is 9.10. The number of rotatable bonds is 6. The maximum atomic E-state index is 12.9. The molecule has 0 aromatic heterocycles. The summed E-state index contributed by atoms with van der Waals surface area (Å²) in [5, 5.41) is 2.10. The average Bonchev–Trinajstić information content (AvgIpc) is 3.11. The zero-order chi connectivity index (χ0) is 24.4. The monoisotopic (exact) mass is 543 g/mol. The van der Waals surface area contributed by atoms with Crippen LogP contribution in [0.25, 0.3) is 16.8 Å². The molecule has 4 nitrogen and oxygen atoms in total. The number of thioether (sulfide) groups is 1. The van der Waals surface area contributed by atoms with Gasteiger partial charge < -0.3 is 4.74 Å². The van der Waals surface area contributed by atoms with Gasteiger partial charge in [-0.25, -0.2) is 0 Å². The van der Waals surface area contributed by atoms with Crippen LogP contribution >= 0.6 is 27.7 Å². The lowest BCUT2D eigenvalue weighted by atomic mass is 10.1. The van der Waals surface area contributed by atoms with E-state index in [0.717, 1.165) is 38.5 Å². The summed E-state index contributed by atoms with van der Waals surface area (Å²) in [7, 11) is 0. The number of imide groups is 1. The second kappa shape index (κ2) is 10.1. The Bertz CT molecular complexity index is 1470. The molecular formula is C29H22BrNO3S. The summed E-state index contributed by atoms with van der Waals surface area (Å²) in [6.07, 6.45) is 1.75. The highest BCUT2D eigenvalue weighted by Gasteiger charge is 2.35. The number of halogens is 1. The quantitative estimate of drug-likeness (QED) is 0.233. The second-order valence-corrected chi connectivity index (χ2v) is 10.2. The summed E-state index contributed by atoms with van der Waals surface area (Å²) in [5.74, 6) is 0.441. The number of fused-ring (bicyclic) bond motifs is 1. The summed E-state index contributed by atoms with van der Waals surface area (Å²) in [6.45, 7) is 2.70. The average molecular weight is 544 g/mol. The van der Waals surface area contributed by atoms with Gasteiger partial charge in [0.05, 0.1) is 15.9 Å². The van der Waals surface area contributed by atoms with E-state index in [1.165, 1.54) is 15.7 Å². The summed E-state index contributed by atoms with van der Waals surface area (Å²) in [5.41, 5.74) is 3.96. The number of carbonyl (C=O) groups is 2. The van der Waals surface area contributed by atoms with Crippen molar-refractivity contribution in [1.29, 1.82) is 0 Å². The van der Waals surface area contributed by atoms with Crippen LogP contribution in [0.3, 0.4) is 0 Å². The first-order valence-electron chi connectivity index (χ1n) is 11.2. The van der Waals surface area contributed by atoms with E-state index in [1.54, 1.807) is 6.08 Å². The lowest BCUT2D eigenvalue weighted by molar-refractivity contribution is -0.123. The number of hydrogen-bond acceptors (Lipinski definition) is 4. The van der Waals surface area contributed by atoms with Crippen molar-refractivity contribution >= 4 is 55.7 Å². The van der Waals surface area contributed by atoms with E-state index >= 15 is 0 Å². The first-order chi connectivity index (χ1) is 17.0. The molecule has 35 heavy (non-hydrogen) atoms. The molecule has 0 radical (unpaired) electrons. The van der Waals surface area contributed by atoms with Gasteiger partial charge in [-0.1, -0.05) is 78.4 Å². The van der Waals surface area contributed by atoms with Gasteiger partial charge in [-0.05, 0) is 80.3 Å². The fourth-order valence-electron chi connectivity index (χ4n) is 4.08. The van der Waals surface area contributed by atoms with Crippen LogP contribution in [0.2, 0.25) is 0 Å². The Labute approximate surface area is 216 Å². The van der Waals surface area contributed by atoms with Gasteiger partial charge in [0.25, 0.3) is 11.1 Å². The lowest BCUT2D eigenvalue weighted by Gasteiger charge is -2.13. The zero-order valence-corrected chi connectivity index (χ0v) is 21.4. The fraction of sp³-hybridized carbons (Fsp3) is 0.103. The molecule has 1 saturated heterocycles. The first-order valence-corrected chi connectivity index (χ1v) is 12.8. The number of amides is 2. The van der Waals surface area contributed by atoms with E-state index in [2.05, 4.69) is 40.2 Å². The molecule has 0 spiro atoms. The molecule has 0 bridgehead atoms. The van der Waals surface area contributed by atoms with Crippen molar-refractivity contribution in [2.45, 2.75) is 20.1 Å². The van der Waals surface area contributed by atoms with Gasteiger partial charge in [-0.2, -0.15) is 0 Å². The van der Waals surface area contributed by atoms with Crippen LogP contribution < -0.4 is 4.74 Å². The van der Waals surface area contributed by atoms with Crippen LogP contribution in [0, 0.1) is 6.92 Å². The van der Waals surface area contributed by atoms with Gasteiger partial charge in [0.1, 0.15) is 12.4 Å². The molecule has 5 rings (SSSR count). The minimum atomic E-state index is -0.270. The fourth-order valence-corrected chi connectivity index (χ4v) is 5.43. The number of carbonyl (C=O) groups excluding carboxylic acids is 2. The van der Waals surface area contributed by atoms with Gasteiger partial charge in [0, 0.05) is 0 Å². The minimum Gasteiger partial charge on any atom is -0.488 e. The Morgan fingerprint density at radius 2 is 1.74 bits per heavy atom. The van der Waals surface area contributed by atoms with Crippen molar-refractivity contribution in [2.24, 2.45) is 0 Å². The van der Waals surface area contributed by atoms with Gasteiger partial charge in [-0.15, -0.1) is 0 Å². The van der Waals surface area contributed by atoms with Gasteiger partial charge >= 0.3 is 0 Å². The molecule has 1 fully saturated rings. The number of benzene rings is 4. The molecule has 174 valence electrons. The molecule has 0 aliphatic carbocycles. The Hall–Kier alpha value is -3.35. The minimum absolute atomic E-state index is 0.253. The van der Waals surface area contributed by atoms with Crippen LogP contribution in [-0.4, -0.2) is 16.0 Å². The Morgan fingerprint density at radius 3 is 2.57 bits per heavy atom. The van der Waals surface area contributed by atoms with Crippen molar-refractivity contribution in [2.75, 3.05) is 0 Å². The van der Waals surface area contributed by atoms with E-state index in [0.29, 0.717) is 17.3 Å². The topological polar surface area (TPSA) is 46.6 Å². The third kappa shape index (κ3) is 5.19. The molecule has 1 aliphatic heterocycles. The number of nitrogens with zero attached hydrogens (tertiary/aromatic N) is 1. The third-order valence-corrected chi connectivity index (χ3v) is 7.34. The van der Waals surface area contributed by atoms with Crippen molar-refractivity contribution in [3.05, 3.63) is 117 Å². The smallest absolute Gasteiger partial charge is 0.293 e. The van der Waals surface area contributed by atoms with Gasteiger partial charge in [-0.3, -0.25) is 14.5 Å². The first kappa shape index (κ1) is 23.4. The predicted molar refractivity (Wildman–Crippen MR) is 145 cm³/mol. The van der Waals surface area contributed by atoms with Crippen molar-refractivity contribution in [3.63, 3.8) is 0 Å². The number of ether oxygens (including phenoxy) is 1. The van der Waals surface area contributed by atoms with E-state index < -0.39 is 0 Å². The molecule has 0 atom stereocenters. The SMILES string of the molecule is Cc1cccc(CN2C(=O)S/C(=C\c3ccc(OCc4cccc5ccccc45)c(Br)c3)C2=O)c1. The third-order valence-electron chi connectivity index (χ3n) is 5.81. The van der Waals surface area contributed by atoms with Crippen LogP contribution in [0.5, 0.6) is 5.75 Å². The number of aryl methyl sites for hydroxylation is 1. The summed E-state index contributed by atoms with van der Waals surface area (Å²) >= 11 is 4.56. The normalized spacial score (nSPS) is 14.8. The molecule has 4 aromatic rings. The summed E-state index contributed by atoms with van der Waals surface area (Å²) in [4.78, 5) is 27.1. The van der Waals surface area contributed by atoms with Crippen molar-refractivity contribution in [3.8, 4) is 5.75 Å². The largest absolute Gasteiger partial charge is 0.488 e. The highest BCUT2D eigenvalue weighted by Crippen LogP contribution is 2.35. The van der Waals surface area contributed by atoms with E-state index in [4.69, 9.17) is 4.74 Å². The maximum absolute atomic E-state index is 12.9. The zero-order valence-electron chi connectivity index (χ0n) is 19.0. The van der Waals surface area contributed by atoms with Crippen molar-refractivity contribution < 1.29 is 14.3 Å². The lowest BCUT2D eigenvalue weighted by Crippen LogP contribution is -2.27. The van der Waals surface area contributed by atoms with Crippen LogP contribution in [-0.2, 0) is 17.9 Å². The highest BCUT2D eigenvalue weighted by atomic mass is 79.9. The molecule has 4 aromatic carbocycles. The predicted octanol–water partition coefficient (Wildman–Crippen LogP) is 7.73. The summed E-state index contributed by atoms with van der Waals surface area (Å²) < 4.78 is 6.87. The van der Waals surface area contributed by atoms with Gasteiger partial charge in [0.15, 0.2) is 0 Å². The Morgan fingerprint density at radius 1 is 0.943 bits per heavy atom. The molecule has 0 unspecified atom stereocenters. The standard InChI is InChI=1S/C29H22BrNO3S/c1-19-6-4-7-21(14-19)17-31-28(32)27(35-29(31)33)16-20-12-13-26(25(30)15-20)34-18-23-10-5-9-22-8-2-3-11-24(22)23/h2-16H,17-18H2,1H3/b27-16-. The molecule has 2 amide bonds. The molecule has 6 heteroatoms. The molecule has 1 heterocycles. The van der Waals surface area contributed by atoms with E-state index in [1.807, 2.05) is 67.6 Å². The molecule has 0 saturated carbocycles. The number of hydrogen-bond donors (Lipinski definition) is 0. The van der Waals surface area contributed by atoms with E-state index in [-0.39, 0.29) is 17.7 Å². The Balaban J connectivity index is 1.29. The van der Waals surface area contributed by atoms with Crippen LogP contribution in [0.4, 0.5) is 4.79 Å². The maximum Gasteiger partial charge on any atom is 0.293 e. The Kier molecular flexibility index (Phi) is 6.75. The van der Waals surface area contributed by atoms with Gasteiger partial charge in [0.2, 0.25) is 0 Å². The summed E-state index contributed by atoms with van der Waals surface area (Å²) in [6, 6.07) is 27.9. The van der Waals surface area contributed by atoms with Crippen LogP contribution in [0.15, 0.2) is 94.3 Å². The van der Waals surface area contributed by atoms with Crippen molar-refractivity contribution in [1.82, 2.24) is 4.90 Å². The second-order valence-electron chi connectivity index (χ2n) is 8.37. The van der Waals surface area contributed by atoms with Crippen LogP contribution in [0.1, 0.15) is 22.3 Å². The molecule has 0 N–H and O–H groups in total. The van der Waals surface area contributed by atoms with E-state index in [9.17, 15) is 9.59 Å². The molecule has 1 aliphatic rings.